The minimum absolute atomic E-state index is 1.34. The molecule has 1 aliphatic carbocycles. The molecule has 0 bridgehead atoms. The highest BCUT2D eigenvalue weighted by Crippen LogP contribution is 2.12. The second-order valence-electron chi connectivity index (χ2n) is 3.48. The van der Waals surface area contributed by atoms with Gasteiger partial charge in [-0.25, -0.2) is 0 Å². The van der Waals surface area contributed by atoms with Gasteiger partial charge in [-0.1, -0.05) is 48.6 Å². The first kappa shape index (κ1) is 8.69. The summed E-state index contributed by atoms with van der Waals surface area (Å²) in [5.41, 5.74) is 0. The fraction of sp³-hybridized carbons (Fsp3) is 0. The molecule has 0 saturated heterocycles. The van der Waals surface area contributed by atoms with Crippen LogP contribution >= 0.6 is 11.3 Å². The Kier molecular flexibility index (Phi) is 2.04. The fourth-order valence-corrected chi connectivity index (χ4v) is 2.91. The summed E-state index contributed by atoms with van der Waals surface area (Å²) in [6, 6.07) is 8.56. The van der Waals surface area contributed by atoms with E-state index in [1.165, 1.54) is 19.8 Å². The lowest BCUT2D eigenvalue weighted by molar-refractivity contribution is 1.74. The Morgan fingerprint density at radius 3 is 2.53 bits per heavy atom. The average Bonchev–Trinajstić information content (AvgIpc) is 2.55. The lowest BCUT2D eigenvalue weighted by atomic mass is 10.2. The highest BCUT2D eigenvalue weighted by molar-refractivity contribution is 7.17. The predicted octanol–water partition coefficient (Wildman–Crippen LogP) is 2.59. The van der Waals surface area contributed by atoms with Crippen LogP contribution in [0.4, 0.5) is 0 Å². The van der Waals surface area contributed by atoms with Crippen molar-refractivity contribution in [3.8, 4) is 0 Å². The first-order valence-electron chi connectivity index (χ1n) is 4.98. The van der Waals surface area contributed by atoms with Gasteiger partial charge in [0.25, 0.3) is 0 Å². The molecule has 2 aromatic rings. The predicted molar refractivity (Wildman–Crippen MR) is 68.3 cm³/mol. The molecule has 3 rings (SSSR count). The Bertz CT molecular complexity index is 669. The van der Waals surface area contributed by atoms with Crippen LogP contribution in [-0.2, 0) is 0 Å². The molecule has 0 unspecified atom stereocenters. The van der Waals surface area contributed by atoms with Crippen molar-refractivity contribution in [2.75, 3.05) is 0 Å². The summed E-state index contributed by atoms with van der Waals surface area (Å²) in [6.07, 6.45) is 12.7. The molecule has 1 heteroatoms. The topological polar surface area (TPSA) is 0 Å². The standard InChI is InChI=1S/C14H10S/c1-2-4-9-13-11(7-3-1)12-8-5-6-10-14(12)15-13/h1-10H/b2-1?,3-1+,4-2-,7-3?,9-4?,11-7+,13-9+. The summed E-state index contributed by atoms with van der Waals surface area (Å²) in [7, 11) is 0. The zero-order valence-electron chi connectivity index (χ0n) is 8.18. The van der Waals surface area contributed by atoms with Crippen LogP contribution in [0.25, 0.3) is 22.2 Å². The van der Waals surface area contributed by atoms with Crippen molar-refractivity contribution in [3.05, 3.63) is 58.3 Å². The SMILES string of the molecule is C1=C\C=c2\sc3ccccc3\c2=C/C=C/1. The highest BCUT2D eigenvalue weighted by atomic mass is 32.1. The van der Waals surface area contributed by atoms with E-state index in [1.807, 2.05) is 11.3 Å². The molecule has 0 spiro atoms. The summed E-state index contributed by atoms with van der Waals surface area (Å²) < 4.78 is 2.70. The molecule has 0 nitrogen and oxygen atoms in total. The number of benzene rings is 1. The van der Waals surface area contributed by atoms with Gasteiger partial charge < -0.3 is 0 Å². The minimum atomic E-state index is 1.34. The molecule has 1 heterocycles. The van der Waals surface area contributed by atoms with Crippen LogP contribution in [0, 0.1) is 0 Å². The summed E-state index contributed by atoms with van der Waals surface area (Å²) in [5.74, 6) is 0. The van der Waals surface area contributed by atoms with E-state index < -0.39 is 0 Å². The Morgan fingerprint density at radius 1 is 0.800 bits per heavy atom. The zero-order valence-corrected chi connectivity index (χ0v) is 9.00. The van der Waals surface area contributed by atoms with E-state index in [0.717, 1.165) is 0 Å². The summed E-state index contributed by atoms with van der Waals surface area (Å²) in [4.78, 5) is 0. The molecule has 0 amide bonds. The monoisotopic (exact) mass is 210 g/mol. The third kappa shape index (κ3) is 1.45. The molecule has 72 valence electrons. The lowest BCUT2D eigenvalue weighted by Crippen LogP contribution is -2.17. The van der Waals surface area contributed by atoms with Crippen LogP contribution < -0.4 is 9.75 Å². The van der Waals surface area contributed by atoms with Gasteiger partial charge >= 0.3 is 0 Å². The second kappa shape index (κ2) is 3.52. The number of allylic oxidation sites excluding steroid dienone is 4. The van der Waals surface area contributed by atoms with Gasteiger partial charge in [0.05, 0.1) is 0 Å². The molecular formula is C14H10S. The average molecular weight is 210 g/mol. The van der Waals surface area contributed by atoms with E-state index >= 15 is 0 Å². The van der Waals surface area contributed by atoms with Gasteiger partial charge in [0, 0.05) is 19.8 Å². The third-order valence-corrected chi connectivity index (χ3v) is 3.66. The van der Waals surface area contributed by atoms with Crippen LogP contribution in [0.3, 0.4) is 0 Å². The van der Waals surface area contributed by atoms with Crippen molar-refractivity contribution in [1.29, 1.82) is 0 Å². The maximum absolute atomic E-state index is 2.19. The van der Waals surface area contributed by atoms with Gasteiger partial charge in [0.1, 0.15) is 0 Å². The maximum atomic E-state index is 2.19. The van der Waals surface area contributed by atoms with Gasteiger partial charge in [0.15, 0.2) is 0 Å². The molecule has 0 saturated carbocycles. The van der Waals surface area contributed by atoms with Crippen LogP contribution in [0.15, 0.2) is 48.6 Å². The summed E-state index contributed by atoms with van der Waals surface area (Å²) in [6.45, 7) is 0. The van der Waals surface area contributed by atoms with Crippen molar-refractivity contribution >= 4 is 33.6 Å². The van der Waals surface area contributed by atoms with Crippen molar-refractivity contribution < 1.29 is 0 Å². The molecule has 0 atom stereocenters. The lowest BCUT2D eigenvalue weighted by Gasteiger charge is -1.86. The van der Waals surface area contributed by atoms with E-state index in [4.69, 9.17) is 0 Å². The van der Waals surface area contributed by atoms with E-state index in [-0.39, 0.29) is 0 Å². The summed E-state index contributed by atoms with van der Waals surface area (Å²) in [5, 5.41) is 2.70. The van der Waals surface area contributed by atoms with Gasteiger partial charge in [-0.3, -0.25) is 0 Å². The smallest absolute Gasteiger partial charge is 0.0355 e. The Morgan fingerprint density at radius 2 is 1.60 bits per heavy atom. The fourth-order valence-electron chi connectivity index (χ4n) is 1.80. The molecule has 0 aliphatic heterocycles. The van der Waals surface area contributed by atoms with E-state index in [2.05, 4.69) is 60.7 Å². The number of fused-ring (bicyclic) bond motifs is 3. The molecular weight excluding hydrogens is 200 g/mol. The molecule has 0 radical (unpaired) electrons. The van der Waals surface area contributed by atoms with Crippen molar-refractivity contribution in [1.82, 2.24) is 0 Å². The first-order chi connectivity index (χ1) is 7.45. The number of hydrogen-bond donors (Lipinski definition) is 0. The Balaban J connectivity index is 2.56. The van der Waals surface area contributed by atoms with Crippen LogP contribution in [-0.4, -0.2) is 0 Å². The van der Waals surface area contributed by atoms with Gasteiger partial charge in [-0.05, 0) is 12.1 Å². The van der Waals surface area contributed by atoms with Crippen molar-refractivity contribution in [2.45, 2.75) is 0 Å². The third-order valence-electron chi connectivity index (χ3n) is 2.51. The number of thiophene rings is 1. The van der Waals surface area contributed by atoms with Gasteiger partial charge in [0.2, 0.25) is 0 Å². The maximum Gasteiger partial charge on any atom is 0.0355 e. The molecule has 1 aromatic heterocycles. The molecule has 1 aromatic carbocycles. The van der Waals surface area contributed by atoms with Crippen molar-refractivity contribution in [3.63, 3.8) is 0 Å². The second-order valence-corrected chi connectivity index (χ2v) is 4.56. The largest absolute Gasteiger partial charge is 0.135 e. The van der Waals surface area contributed by atoms with Crippen LogP contribution in [0.5, 0.6) is 0 Å². The molecule has 1 aliphatic rings. The van der Waals surface area contributed by atoms with E-state index in [9.17, 15) is 0 Å². The zero-order chi connectivity index (χ0) is 10.1. The summed E-state index contributed by atoms with van der Waals surface area (Å²) >= 11 is 1.85. The Labute approximate surface area is 92.2 Å². The number of rotatable bonds is 0. The van der Waals surface area contributed by atoms with E-state index in [1.54, 1.807) is 0 Å². The first-order valence-corrected chi connectivity index (χ1v) is 5.80. The Hall–Kier alpha value is -1.60. The quantitative estimate of drug-likeness (QED) is 0.627. The van der Waals surface area contributed by atoms with E-state index in [0.29, 0.717) is 0 Å². The minimum Gasteiger partial charge on any atom is -0.135 e. The molecule has 0 N–H and O–H groups in total. The van der Waals surface area contributed by atoms with Gasteiger partial charge in [-0.15, -0.1) is 11.3 Å². The molecule has 0 fully saturated rings. The van der Waals surface area contributed by atoms with Crippen LogP contribution in [0.2, 0.25) is 0 Å². The van der Waals surface area contributed by atoms with Crippen molar-refractivity contribution in [2.24, 2.45) is 0 Å². The molecule has 15 heavy (non-hydrogen) atoms. The van der Waals surface area contributed by atoms with Gasteiger partial charge in [-0.2, -0.15) is 0 Å². The number of hydrogen-bond acceptors (Lipinski definition) is 1. The van der Waals surface area contributed by atoms with Crippen LogP contribution in [0.1, 0.15) is 0 Å². The normalized spacial score (nSPS) is 22.7. The highest BCUT2D eigenvalue weighted by Gasteiger charge is 1.98.